The number of nitrogens with zero attached hydrogens (tertiary/aromatic N) is 2. The van der Waals surface area contributed by atoms with Crippen LogP contribution in [0.5, 0.6) is 5.75 Å². The minimum atomic E-state index is -0.268. The molecule has 0 saturated carbocycles. The maximum Gasteiger partial charge on any atom is 0.120 e. The fraction of sp³-hybridized carbons (Fsp3) is 0.368. The quantitative estimate of drug-likeness (QED) is 0.662. The molecule has 130 valence electrons. The van der Waals surface area contributed by atoms with Crippen LogP contribution < -0.4 is 4.74 Å². The van der Waals surface area contributed by atoms with Crippen LogP contribution >= 0.6 is 11.6 Å². The van der Waals surface area contributed by atoms with Gasteiger partial charge in [-0.15, -0.1) is 18.2 Å². The summed E-state index contributed by atoms with van der Waals surface area (Å²) >= 11 is 6.15. The molecule has 1 aliphatic rings. The highest BCUT2D eigenvalue weighted by molar-refractivity contribution is 6.23. The molecule has 2 bridgehead atoms. The monoisotopic (exact) mass is 348 g/mol. The first-order valence-corrected chi connectivity index (χ1v) is 8.14. The van der Waals surface area contributed by atoms with Gasteiger partial charge in [-0.05, 0) is 31.5 Å². The molecule has 2 aromatic rings. The van der Waals surface area contributed by atoms with Crippen molar-refractivity contribution < 1.29 is 9.84 Å². The van der Waals surface area contributed by atoms with Crippen LogP contribution in [-0.4, -0.2) is 26.6 Å². The first kappa shape index (κ1) is 20.1. The van der Waals surface area contributed by atoms with Gasteiger partial charge in [-0.1, -0.05) is 25.1 Å². The summed E-state index contributed by atoms with van der Waals surface area (Å²) in [6, 6.07) is 8.10. The Hall–Kier alpha value is -1.91. The number of halogens is 1. The van der Waals surface area contributed by atoms with E-state index in [9.17, 15) is 0 Å². The Labute approximate surface area is 149 Å². The summed E-state index contributed by atoms with van der Waals surface area (Å²) in [5.74, 6) is 1.22. The van der Waals surface area contributed by atoms with Gasteiger partial charge in [-0.2, -0.15) is 0 Å². The maximum atomic E-state index is 7.76. The third kappa shape index (κ3) is 7.11. The molecule has 4 nitrogen and oxygen atoms in total. The van der Waals surface area contributed by atoms with Crippen LogP contribution in [0.2, 0.25) is 0 Å². The van der Waals surface area contributed by atoms with Gasteiger partial charge < -0.3 is 9.84 Å². The Morgan fingerprint density at radius 1 is 1.42 bits per heavy atom. The summed E-state index contributed by atoms with van der Waals surface area (Å²) in [5.41, 5.74) is 2.22. The number of aliphatic hydroxyl groups excluding tert-OH is 1. The van der Waals surface area contributed by atoms with Gasteiger partial charge in [-0.3, -0.25) is 9.97 Å². The number of hydrogen-bond donors (Lipinski definition) is 1. The average Bonchev–Trinajstić information content (AvgIpc) is 2.92. The van der Waals surface area contributed by atoms with Crippen LogP contribution in [-0.2, 0) is 6.61 Å². The van der Waals surface area contributed by atoms with E-state index in [0.717, 1.165) is 18.1 Å². The average molecular weight is 349 g/mol. The number of fused-ring (bicyclic) bond motifs is 2. The SMILES string of the molecule is C=CCO.CC(c1cnccn1)C(C)(C)Cl.c1cc2cc(c1)OC2. The van der Waals surface area contributed by atoms with Crippen LogP contribution in [0.25, 0.3) is 0 Å². The van der Waals surface area contributed by atoms with E-state index in [4.69, 9.17) is 21.4 Å². The molecule has 0 saturated heterocycles. The number of aromatic nitrogens is 2. The fourth-order valence-corrected chi connectivity index (χ4v) is 1.89. The van der Waals surface area contributed by atoms with Crippen molar-refractivity contribution in [3.8, 4) is 5.75 Å². The number of benzene rings is 1. The smallest absolute Gasteiger partial charge is 0.120 e. The van der Waals surface area contributed by atoms with E-state index in [1.54, 1.807) is 18.6 Å². The molecule has 0 aliphatic carbocycles. The van der Waals surface area contributed by atoms with Crippen LogP contribution in [0.4, 0.5) is 0 Å². The van der Waals surface area contributed by atoms with E-state index in [2.05, 4.69) is 35.6 Å². The van der Waals surface area contributed by atoms with E-state index in [-0.39, 0.29) is 17.4 Å². The molecule has 0 fully saturated rings. The van der Waals surface area contributed by atoms with Crippen molar-refractivity contribution in [1.82, 2.24) is 9.97 Å². The molecule has 24 heavy (non-hydrogen) atoms. The molecule has 1 N–H and O–H groups in total. The highest BCUT2D eigenvalue weighted by atomic mass is 35.5. The van der Waals surface area contributed by atoms with Gasteiger partial charge in [0, 0.05) is 29.4 Å². The summed E-state index contributed by atoms with van der Waals surface area (Å²) in [5, 5.41) is 7.76. The number of hydrogen-bond acceptors (Lipinski definition) is 4. The highest BCUT2D eigenvalue weighted by Crippen LogP contribution is 2.31. The Bertz CT molecular complexity index is 593. The molecule has 5 heteroatoms. The summed E-state index contributed by atoms with van der Waals surface area (Å²) in [7, 11) is 0. The third-order valence-electron chi connectivity index (χ3n) is 3.49. The van der Waals surface area contributed by atoms with Crippen LogP contribution in [0.1, 0.15) is 37.9 Å². The first-order valence-electron chi connectivity index (χ1n) is 7.76. The van der Waals surface area contributed by atoms with Crippen molar-refractivity contribution in [1.29, 1.82) is 0 Å². The van der Waals surface area contributed by atoms with Gasteiger partial charge in [0.1, 0.15) is 12.4 Å². The second-order valence-corrected chi connectivity index (χ2v) is 6.80. The van der Waals surface area contributed by atoms with Gasteiger partial charge in [0.2, 0.25) is 0 Å². The van der Waals surface area contributed by atoms with Gasteiger partial charge in [0.15, 0.2) is 0 Å². The van der Waals surface area contributed by atoms with Crippen molar-refractivity contribution in [2.75, 3.05) is 6.61 Å². The molecule has 1 aliphatic heterocycles. The van der Waals surface area contributed by atoms with Crippen LogP contribution in [0.3, 0.4) is 0 Å². The number of ether oxygens (including phenoxy) is 1. The molecule has 0 spiro atoms. The highest BCUT2D eigenvalue weighted by Gasteiger charge is 2.25. The lowest BCUT2D eigenvalue weighted by Gasteiger charge is -2.23. The Morgan fingerprint density at radius 3 is 2.58 bits per heavy atom. The summed E-state index contributed by atoms with van der Waals surface area (Å²) < 4.78 is 5.18. The molecule has 1 unspecified atom stereocenters. The third-order valence-corrected chi connectivity index (χ3v) is 3.82. The van der Waals surface area contributed by atoms with Gasteiger partial charge in [0.25, 0.3) is 0 Å². The zero-order valence-corrected chi connectivity index (χ0v) is 15.2. The summed E-state index contributed by atoms with van der Waals surface area (Å²) in [6.45, 7) is 10.1. The number of rotatable bonds is 3. The van der Waals surface area contributed by atoms with Gasteiger partial charge >= 0.3 is 0 Å². The molecule has 0 radical (unpaired) electrons. The molecule has 1 aromatic carbocycles. The topological polar surface area (TPSA) is 55.2 Å². The van der Waals surface area contributed by atoms with Crippen LogP contribution in [0.15, 0.2) is 55.5 Å². The van der Waals surface area contributed by atoms with Crippen LogP contribution in [0, 0.1) is 0 Å². The first-order chi connectivity index (χ1) is 11.4. The van der Waals surface area contributed by atoms with E-state index in [1.165, 1.54) is 11.6 Å². The standard InChI is InChI=1S/C9H13ClN2.C7H6O.C3H6O/c1-7(9(2,3)10)8-6-11-4-5-12-8;1-2-6-4-7(3-1)8-5-6;1-2-3-4/h4-7H,1-3H3;1-4H,5H2;2,4H,1,3H2. The zero-order chi connectivity index (χ0) is 18.0. The van der Waals surface area contributed by atoms with Crippen molar-refractivity contribution in [3.05, 3.63) is 66.8 Å². The van der Waals surface area contributed by atoms with Crippen molar-refractivity contribution in [2.45, 2.75) is 38.2 Å². The van der Waals surface area contributed by atoms with Crippen molar-refractivity contribution >= 4 is 11.6 Å². The molecule has 1 aromatic heterocycles. The van der Waals surface area contributed by atoms with E-state index in [1.807, 2.05) is 26.0 Å². The van der Waals surface area contributed by atoms with E-state index < -0.39 is 0 Å². The molecule has 2 heterocycles. The summed E-state index contributed by atoms with van der Waals surface area (Å²) in [6.07, 6.45) is 6.54. The Kier molecular flexibility index (Phi) is 8.44. The van der Waals surface area contributed by atoms with Crippen molar-refractivity contribution in [3.63, 3.8) is 0 Å². The van der Waals surface area contributed by atoms with Gasteiger partial charge in [0.05, 0.1) is 12.3 Å². The minimum absolute atomic E-state index is 0.0833. The maximum absolute atomic E-state index is 7.76. The fourth-order valence-electron chi connectivity index (χ4n) is 1.78. The predicted molar refractivity (Wildman–Crippen MR) is 98.4 cm³/mol. The Balaban J connectivity index is 0.000000205. The lowest BCUT2D eigenvalue weighted by atomic mass is 9.94. The largest absolute Gasteiger partial charge is 0.489 e. The molecule has 1 atom stereocenters. The normalized spacial score (nSPS) is 12.7. The molecule has 0 amide bonds. The Morgan fingerprint density at radius 2 is 2.12 bits per heavy atom. The second kappa shape index (κ2) is 10.1. The van der Waals surface area contributed by atoms with Crippen molar-refractivity contribution in [2.24, 2.45) is 0 Å². The lowest BCUT2D eigenvalue weighted by molar-refractivity contribution is 0.328. The lowest BCUT2D eigenvalue weighted by Crippen LogP contribution is -2.20. The number of alkyl halides is 1. The molecular formula is C19H25ClN2O2. The second-order valence-electron chi connectivity index (χ2n) is 5.82. The minimum Gasteiger partial charge on any atom is -0.489 e. The predicted octanol–water partition coefficient (Wildman–Crippen LogP) is 4.34. The zero-order valence-electron chi connectivity index (χ0n) is 14.4. The van der Waals surface area contributed by atoms with E-state index >= 15 is 0 Å². The summed E-state index contributed by atoms with van der Waals surface area (Å²) in [4.78, 5) is 7.93. The van der Waals surface area contributed by atoms with E-state index in [0.29, 0.717) is 0 Å². The number of aliphatic hydroxyl groups is 1. The molecular weight excluding hydrogens is 324 g/mol. The molecule has 3 rings (SSSR count). The van der Waals surface area contributed by atoms with Gasteiger partial charge in [-0.25, -0.2) is 0 Å².